The number of nitrogens with zero attached hydrogens (tertiary/aromatic N) is 2. The zero-order chi connectivity index (χ0) is 14.5. The minimum atomic E-state index is -0.521. The topological polar surface area (TPSA) is 84.6 Å². The van der Waals surface area contributed by atoms with Crippen LogP contribution in [-0.4, -0.2) is 16.5 Å². The van der Waals surface area contributed by atoms with Gasteiger partial charge in [-0.1, -0.05) is 13.0 Å². The lowest BCUT2D eigenvalue weighted by atomic mass is 10.0. The Morgan fingerprint density at radius 1 is 1.55 bits per heavy atom. The van der Waals surface area contributed by atoms with Crippen LogP contribution in [0.2, 0.25) is 0 Å². The molecule has 0 saturated heterocycles. The van der Waals surface area contributed by atoms with Crippen molar-refractivity contribution in [1.82, 2.24) is 5.43 Å². The first-order chi connectivity index (χ1) is 9.61. The Bertz CT molecular complexity index is 554. The van der Waals surface area contributed by atoms with Gasteiger partial charge < -0.3 is 0 Å². The Balaban J connectivity index is 2.07. The second-order valence-electron chi connectivity index (χ2n) is 4.85. The number of rotatable bonds is 4. The maximum atomic E-state index is 11.9. The molecule has 0 heterocycles. The van der Waals surface area contributed by atoms with Gasteiger partial charge in [0.1, 0.15) is 0 Å². The molecule has 2 rings (SSSR count). The van der Waals surface area contributed by atoms with Gasteiger partial charge in [-0.25, -0.2) is 5.43 Å². The van der Waals surface area contributed by atoms with E-state index in [4.69, 9.17) is 0 Å². The minimum absolute atomic E-state index is 0.0994. The summed E-state index contributed by atoms with van der Waals surface area (Å²) in [6.07, 6.45) is 4.14. The van der Waals surface area contributed by atoms with Crippen LogP contribution in [0.15, 0.2) is 29.4 Å². The number of hydrogen-bond acceptors (Lipinski definition) is 4. The normalized spacial score (nSPS) is 20.1. The number of hydrogen-bond donors (Lipinski definition) is 1. The monoisotopic (exact) mass is 275 g/mol. The van der Waals surface area contributed by atoms with Crippen LogP contribution in [0.4, 0.5) is 5.69 Å². The number of nitro benzene ring substituents is 1. The van der Waals surface area contributed by atoms with Crippen molar-refractivity contribution in [3.05, 3.63) is 39.9 Å². The van der Waals surface area contributed by atoms with E-state index in [1.54, 1.807) is 0 Å². The average Bonchev–Trinajstić information content (AvgIpc) is 2.92. The molecule has 0 radical (unpaired) electrons. The van der Waals surface area contributed by atoms with Crippen molar-refractivity contribution in [3.63, 3.8) is 0 Å². The summed E-state index contributed by atoms with van der Waals surface area (Å²) in [4.78, 5) is 22.1. The molecular weight excluding hydrogens is 258 g/mol. The highest BCUT2D eigenvalue weighted by Gasteiger charge is 2.21. The largest absolute Gasteiger partial charge is 0.271 e. The molecule has 1 amide bonds. The fraction of sp³-hybridized carbons (Fsp3) is 0.429. The van der Waals surface area contributed by atoms with E-state index in [2.05, 4.69) is 17.5 Å². The van der Waals surface area contributed by atoms with Crippen LogP contribution in [0.5, 0.6) is 0 Å². The third-order valence-corrected chi connectivity index (χ3v) is 3.57. The van der Waals surface area contributed by atoms with E-state index < -0.39 is 10.8 Å². The van der Waals surface area contributed by atoms with Gasteiger partial charge >= 0.3 is 0 Å². The summed E-state index contributed by atoms with van der Waals surface area (Å²) in [5, 5.41) is 14.8. The highest BCUT2D eigenvalue weighted by Crippen LogP contribution is 2.25. The van der Waals surface area contributed by atoms with Gasteiger partial charge in [-0.2, -0.15) is 5.10 Å². The fourth-order valence-electron chi connectivity index (χ4n) is 2.44. The van der Waals surface area contributed by atoms with Crippen LogP contribution in [0, 0.1) is 16.0 Å². The third-order valence-electron chi connectivity index (χ3n) is 3.57. The van der Waals surface area contributed by atoms with Crippen molar-refractivity contribution in [1.29, 1.82) is 0 Å². The number of nitrogens with one attached hydrogen (secondary N) is 1. The maximum Gasteiger partial charge on any atom is 0.271 e. The molecule has 1 aliphatic rings. The molecule has 0 aromatic heterocycles. The zero-order valence-corrected chi connectivity index (χ0v) is 11.3. The highest BCUT2D eigenvalue weighted by molar-refractivity contribution is 5.96. The van der Waals surface area contributed by atoms with E-state index in [0.717, 1.165) is 31.4 Å². The van der Waals surface area contributed by atoms with E-state index in [9.17, 15) is 14.9 Å². The first-order valence-electron chi connectivity index (χ1n) is 6.73. The van der Waals surface area contributed by atoms with Crippen LogP contribution in [0.25, 0.3) is 0 Å². The lowest BCUT2D eigenvalue weighted by Crippen LogP contribution is -2.21. The molecule has 1 N–H and O–H groups in total. The van der Waals surface area contributed by atoms with E-state index in [0.29, 0.717) is 5.92 Å². The quantitative estimate of drug-likeness (QED) is 0.677. The molecule has 1 aromatic carbocycles. The molecule has 0 bridgehead atoms. The molecule has 0 spiro atoms. The van der Waals surface area contributed by atoms with Crippen LogP contribution < -0.4 is 5.43 Å². The Kier molecular flexibility index (Phi) is 4.45. The Morgan fingerprint density at radius 2 is 2.35 bits per heavy atom. The Morgan fingerprint density at radius 3 is 3.05 bits per heavy atom. The Labute approximate surface area is 117 Å². The number of nitro groups is 1. The molecule has 1 atom stereocenters. The van der Waals surface area contributed by atoms with Crippen molar-refractivity contribution in [2.24, 2.45) is 11.0 Å². The molecule has 1 aliphatic carbocycles. The standard InChI is InChI=1S/C14H17N3O3/c1-2-10-5-4-8-13(10)15-16-14(18)11-6-3-7-12(9-11)17(19)20/h3,6-7,9-10H,2,4-5,8H2,1H3,(H,16,18)/b15-13+. The van der Waals surface area contributed by atoms with Crippen molar-refractivity contribution in [2.45, 2.75) is 32.6 Å². The molecule has 6 heteroatoms. The van der Waals surface area contributed by atoms with E-state index >= 15 is 0 Å². The molecule has 0 aliphatic heterocycles. The van der Waals surface area contributed by atoms with Crippen molar-refractivity contribution in [2.75, 3.05) is 0 Å². The van der Waals surface area contributed by atoms with Crippen molar-refractivity contribution < 1.29 is 9.72 Å². The van der Waals surface area contributed by atoms with E-state index in [-0.39, 0.29) is 11.3 Å². The first-order valence-corrected chi connectivity index (χ1v) is 6.73. The number of amides is 1. The predicted molar refractivity (Wildman–Crippen MR) is 75.6 cm³/mol. The van der Waals surface area contributed by atoms with E-state index in [1.807, 2.05) is 0 Å². The number of carbonyl (C=O) groups excluding carboxylic acids is 1. The van der Waals surface area contributed by atoms with Crippen LogP contribution in [0.1, 0.15) is 43.0 Å². The van der Waals surface area contributed by atoms with Gasteiger partial charge in [-0.15, -0.1) is 0 Å². The number of carbonyl (C=O) groups is 1. The summed E-state index contributed by atoms with van der Waals surface area (Å²) >= 11 is 0. The molecule has 1 fully saturated rings. The van der Waals surface area contributed by atoms with Crippen LogP contribution in [-0.2, 0) is 0 Å². The molecule has 1 unspecified atom stereocenters. The minimum Gasteiger partial charge on any atom is -0.267 e. The van der Waals surface area contributed by atoms with Crippen molar-refractivity contribution >= 4 is 17.3 Å². The summed E-state index contributed by atoms with van der Waals surface area (Å²) in [5.41, 5.74) is 3.66. The predicted octanol–water partition coefficient (Wildman–Crippen LogP) is 2.89. The summed E-state index contributed by atoms with van der Waals surface area (Å²) < 4.78 is 0. The highest BCUT2D eigenvalue weighted by atomic mass is 16.6. The summed E-state index contributed by atoms with van der Waals surface area (Å²) in [7, 11) is 0. The summed E-state index contributed by atoms with van der Waals surface area (Å²) in [6.45, 7) is 2.11. The van der Waals surface area contributed by atoms with Gasteiger partial charge in [-0.05, 0) is 37.7 Å². The number of hydrazone groups is 1. The lowest BCUT2D eigenvalue weighted by molar-refractivity contribution is -0.384. The van der Waals surface area contributed by atoms with E-state index in [1.165, 1.54) is 24.3 Å². The average molecular weight is 275 g/mol. The number of benzene rings is 1. The van der Waals surface area contributed by atoms with Crippen molar-refractivity contribution in [3.8, 4) is 0 Å². The third kappa shape index (κ3) is 3.20. The molecule has 1 aromatic rings. The Hall–Kier alpha value is -2.24. The zero-order valence-electron chi connectivity index (χ0n) is 11.3. The molecule has 20 heavy (non-hydrogen) atoms. The van der Waals surface area contributed by atoms with Gasteiger partial charge in [0.15, 0.2) is 0 Å². The summed E-state index contributed by atoms with van der Waals surface area (Å²) in [5.74, 6) is 0.0309. The van der Waals surface area contributed by atoms with Gasteiger partial charge in [0.2, 0.25) is 0 Å². The first kappa shape index (κ1) is 14.2. The smallest absolute Gasteiger partial charge is 0.267 e. The molecule has 1 saturated carbocycles. The maximum absolute atomic E-state index is 11.9. The second-order valence-corrected chi connectivity index (χ2v) is 4.85. The van der Waals surface area contributed by atoms with Gasteiger partial charge in [0.25, 0.3) is 11.6 Å². The van der Waals surface area contributed by atoms with Gasteiger partial charge in [-0.3, -0.25) is 14.9 Å². The molecular formula is C14H17N3O3. The molecule has 6 nitrogen and oxygen atoms in total. The number of non-ortho nitro benzene ring substituents is 1. The summed E-state index contributed by atoms with van der Waals surface area (Å²) in [6, 6.07) is 5.63. The van der Waals surface area contributed by atoms with Gasteiger partial charge in [0, 0.05) is 23.4 Å². The molecule has 106 valence electrons. The van der Waals surface area contributed by atoms with Crippen LogP contribution >= 0.6 is 0 Å². The fourth-order valence-corrected chi connectivity index (χ4v) is 2.44. The second kappa shape index (κ2) is 6.27. The van der Waals surface area contributed by atoms with Gasteiger partial charge in [0.05, 0.1) is 4.92 Å². The van der Waals surface area contributed by atoms with Crippen LogP contribution in [0.3, 0.4) is 0 Å². The lowest BCUT2D eigenvalue weighted by Gasteiger charge is -2.07. The SMILES string of the molecule is CCC1CCC/C1=N\NC(=O)c1cccc([N+](=O)[O-])c1.